The molecule has 94 valence electrons. The smallest absolute Gasteiger partial charge is 0.236 e. The third-order valence-electron chi connectivity index (χ3n) is 2.62. The molecule has 0 aromatic heterocycles. The first-order chi connectivity index (χ1) is 7.75. The number of carbonyl (C=O) groups is 1. The maximum Gasteiger partial charge on any atom is 0.236 e. The number of nitrogens with zero attached hydrogens (tertiary/aromatic N) is 1. The van der Waals surface area contributed by atoms with E-state index in [-0.39, 0.29) is 5.91 Å². The molecular formula is C11H22N2O3. The van der Waals surface area contributed by atoms with Crippen LogP contribution in [0.25, 0.3) is 0 Å². The Morgan fingerprint density at radius 3 is 2.75 bits per heavy atom. The predicted octanol–water partition coefficient (Wildman–Crippen LogP) is -0.140. The molecule has 5 heteroatoms. The summed E-state index contributed by atoms with van der Waals surface area (Å²) in [7, 11) is 3.52. The number of amides is 1. The van der Waals surface area contributed by atoms with Crippen molar-refractivity contribution >= 4 is 5.91 Å². The molecule has 1 amide bonds. The molecule has 0 spiro atoms. The largest absolute Gasteiger partial charge is 0.382 e. The Morgan fingerprint density at radius 1 is 1.38 bits per heavy atom. The Balaban J connectivity index is 1.88. The van der Waals surface area contributed by atoms with Crippen molar-refractivity contribution in [3.63, 3.8) is 0 Å². The van der Waals surface area contributed by atoms with Crippen LogP contribution in [-0.2, 0) is 14.3 Å². The molecule has 0 heterocycles. The van der Waals surface area contributed by atoms with Crippen LogP contribution in [0.4, 0.5) is 0 Å². The lowest BCUT2D eigenvalue weighted by Crippen LogP contribution is -2.37. The molecule has 1 N–H and O–H groups in total. The molecule has 0 aromatic rings. The summed E-state index contributed by atoms with van der Waals surface area (Å²) in [6.45, 7) is 2.94. The number of ether oxygens (including phenoxy) is 2. The Kier molecular flexibility index (Phi) is 6.37. The zero-order valence-electron chi connectivity index (χ0n) is 10.2. The fraction of sp³-hybridized carbons (Fsp3) is 0.909. The quantitative estimate of drug-likeness (QED) is 0.560. The van der Waals surface area contributed by atoms with Crippen molar-refractivity contribution in [2.75, 3.05) is 47.1 Å². The van der Waals surface area contributed by atoms with Gasteiger partial charge in [0.15, 0.2) is 0 Å². The van der Waals surface area contributed by atoms with Gasteiger partial charge < -0.3 is 19.7 Å². The van der Waals surface area contributed by atoms with Gasteiger partial charge in [0.2, 0.25) is 5.91 Å². The molecule has 0 saturated heterocycles. The average molecular weight is 230 g/mol. The lowest BCUT2D eigenvalue weighted by molar-refractivity contribution is -0.129. The second-order valence-corrected chi connectivity index (χ2v) is 4.02. The Morgan fingerprint density at radius 2 is 2.12 bits per heavy atom. The van der Waals surface area contributed by atoms with Crippen molar-refractivity contribution in [3.8, 4) is 0 Å². The number of hydrogen-bond donors (Lipinski definition) is 1. The van der Waals surface area contributed by atoms with Crippen LogP contribution in [0.5, 0.6) is 0 Å². The number of nitrogens with one attached hydrogen (secondary N) is 1. The maximum atomic E-state index is 11.6. The minimum atomic E-state index is 0.166. The van der Waals surface area contributed by atoms with Gasteiger partial charge >= 0.3 is 0 Å². The van der Waals surface area contributed by atoms with E-state index in [0.717, 1.165) is 12.8 Å². The molecule has 16 heavy (non-hydrogen) atoms. The monoisotopic (exact) mass is 230 g/mol. The number of rotatable bonds is 9. The molecule has 0 bridgehead atoms. The minimum Gasteiger partial charge on any atom is -0.382 e. The molecule has 1 fully saturated rings. The van der Waals surface area contributed by atoms with Crippen LogP contribution in [0.2, 0.25) is 0 Å². The van der Waals surface area contributed by atoms with Crippen LogP contribution >= 0.6 is 0 Å². The number of methoxy groups -OCH3 is 1. The van der Waals surface area contributed by atoms with Gasteiger partial charge in [0, 0.05) is 26.7 Å². The van der Waals surface area contributed by atoms with E-state index in [2.05, 4.69) is 5.32 Å². The lowest BCUT2D eigenvalue weighted by atomic mass is 10.4. The highest BCUT2D eigenvalue weighted by Crippen LogP contribution is 2.24. The van der Waals surface area contributed by atoms with E-state index < -0.39 is 0 Å². The highest BCUT2D eigenvalue weighted by Gasteiger charge is 2.28. The van der Waals surface area contributed by atoms with Gasteiger partial charge in [0.25, 0.3) is 0 Å². The lowest BCUT2D eigenvalue weighted by Gasteiger charge is -2.16. The normalized spacial score (nSPS) is 15.1. The van der Waals surface area contributed by atoms with Gasteiger partial charge in [0.1, 0.15) is 0 Å². The average Bonchev–Trinajstić information content (AvgIpc) is 3.10. The maximum absolute atomic E-state index is 11.6. The van der Waals surface area contributed by atoms with E-state index in [1.807, 2.05) is 11.9 Å². The molecule has 1 aliphatic rings. The van der Waals surface area contributed by atoms with Crippen LogP contribution in [0.1, 0.15) is 12.8 Å². The standard InChI is InChI=1S/C11H22N2O3/c1-13(10-3-4-10)11(14)9-12-5-6-16-8-7-15-2/h10,12H,3-9H2,1-2H3. The highest BCUT2D eigenvalue weighted by molar-refractivity contribution is 5.78. The van der Waals surface area contributed by atoms with Crippen LogP contribution in [0.15, 0.2) is 0 Å². The van der Waals surface area contributed by atoms with Crippen LogP contribution in [0.3, 0.4) is 0 Å². The molecule has 5 nitrogen and oxygen atoms in total. The van der Waals surface area contributed by atoms with Crippen LogP contribution in [0, 0.1) is 0 Å². The molecule has 0 radical (unpaired) electrons. The van der Waals surface area contributed by atoms with E-state index >= 15 is 0 Å². The van der Waals surface area contributed by atoms with E-state index in [1.165, 1.54) is 0 Å². The van der Waals surface area contributed by atoms with E-state index in [9.17, 15) is 4.79 Å². The van der Waals surface area contributed by atoms with Crippen LogP contribution < -0.4 is 5.32 Å². The Labute approximate surface area is 97.1 Å². The Bertz CT molecular complexity index is 207. The first kappa shape index (κ1) is 13.4. The van der Waals surface area contributed by atoms with Gasteiger partial charge in [-0.1, -0.05) is 0 Å². The van der Waals surface area contributed by atoms with Crippen molar-refractivity contribution in [2.24, 2.45) is 0 Å². The molecule has 1 rings (SSSR count). The molecule has 0 atom stereocenters. The second kappa shape index (κ2) is 7.60. The third kappa shape index (κ3) is 5.44. The van der Waals surface area contributed by atoms with Crippen molar-refractivity contribution < 1.29 is 14.3 Å². The van der Waals surface area contributed by atoms with E-state index in [4.69, 9.17) is 9.47 Å². The molecule has 0 unspecified atom stereocenters. The summed E-state index contributed by atoms with van der Waals surface area (Å²) in [5.74, 6) is 0.166. The van der Waals surface area contributed by atoms with Crippen molar-refractivity contribution in [2.45, 2.75) is 18.9 Å². The van der Waals surface area contributed by atoms with Crippen LogP contribution in [-0.4, -0.2) is 63.9 Å². The zero-order valence-corrected chi connectivity index (χ0v) is 10.2. The number of likely N-dealkylation sites (N-methyl/N-ethyl adjacent to an activating group) is 1. The van der Waals surface area contributed by atoms with Gasteiger partial charge in [-0.3, -0.25) is 4.79 Å². The summed E-state index contributed by atoms with van der Waals surface area (Å²) in [6.07, 6.45) is 2.31. The minimum absolute atomic E-state index is 0.166. The van der Waals surface area contributed by atoms with Gasteiger partial charge in [-0.2, -0.15) is 0 Å². The van der Waals surface area contributed by atoms with E-state index in [0.29, 0.717) is 39.0 Å². The summed E-state index contributed by atoms with van der Waals surface area (Å²) in [6, 6.07) is 0.493. The third-order valence-corrected chi connectivity index (χ3v) is 2.62. The number of carbonyl (C=O) groups excluding carboxylic acids is 1. The van der Waals surface area contributed by atoms with Gasteiger partial charge in [-0.25, -0.2) is 0 Å². The molecule has 1 saturated carbocycles. The summed E-state index contributed by atoms with van der Waals surface area (Å²) in [5.41, 5.74) is 0. The second-order valence-electron chi connectivity index (χ2n) is 4.02. The summed E-state index contributed by atoms with van der Waals surface area (Å²) >= 11 is 0. The van der Waals surface area contributed by atoms with Crippen molar-refractivity contribution in [3.05, 3.63) is 0 Å². The summed E-state index contributed by atoms with van der Waals surface area (Å²) < 4.78 is 10.1. The van der Waals surface area contributed by atoms with Gasteiger partial charge in [-0.15, -0.1) is 0 Å². The molecular weight excluding hydrogens is 208 g/mol. The molecule has 1 aliphatic carbocycles. The van der Waals surface area contributed by atoms with Gasteiger partial charge in [0.05, 0.1) is 26.4 Å². The van der Waals surface area contributed by atoms with Crippen molar-refractivity contribution in [1.29, 1.82) is 0 Å². The first-order valence-corrected chi connectivity index (χ1v) is 5.78. The SMILES string of the molecule is COCCOCCNCC(=O)N(C)C1CC1. The predicted molar refractivity (Wildman–Crippen MR) is 61.4 cm³/mol. The highest BCUT2D eigenvalue weighted by atomic mass is 16.5. The summed E-state index contributed by atoms with van der Waals surface area (Å²) in [5, 5.41) is 3.07. The number of hydrogen-bond acceptors (Lipinski definition) is 4. The fourth-order valence-corrected chi connectivity index (χ4v) is 1.37. The van der Waals surface area contributed by atoms with E-state index in [1.54, 1.807) is 7.11 Å². The fourth-order valence-electron chi connectivity index (χ4n) is 1.37. The first-order valence-electron chi connectivity index (χ1n) is 5.78. The Hall–Kier alpha value is -0.650. The van der Waals surface area contributed by atoms with Gasteiger partial charge in [-0.05, 0) is 12.8 Å². The van der Waals surface area contributed by atoms with Crippen molar-refractivity contribution in [1.82, 2.24) is 10.2 Å². The molecule has 0 aromatic carbocycles. The topological polar surface area (TPSA) is 50.8 Å². The molecule has 0 aliphatic heterocycles. The summed E-state index contributed by atoms with van der Waals surface area (Å²) in [4.78, 5) is 13.4. The zero-order chi connectivity index (χ0) is 11.8.